The minimum atomic E-state index is -0.978. The number of nitrogen functional groups attached to an aromatic ring is 1. The molecular formula is C21H22N2O3. The summed E-state index contributed by atoms with van der Waals surface area (Å²) in [4.78, 5) is 24.3. The standard InChI is InChI=1S/C21H22N2O3/c1-3-4-14-5-7-15(8-6-14)21(26)20-19(22)16(12-18(24)25)17-11-13(2)9-10-23(17)20/h5-11H,3-4,12,22H2,1-2H3,(H,24,25). The van der Waals surface area contributed by atoms with Crippen molar-refractivity contribution in [1.82, 2.24) is 4.40 Å². The third kappa shape index (κ3) is 3.20. The van der Waals surface area contributed by atoms with Crippen molar-refractivity contribution in [3.8, 4) is 0 Å². The summed E-state index contributed by atoms with van der Waals surface area (Å²) in [6, 6.07) is 11.2. The third-order valence-corrected chi connectivity index (χ3v) is 4.54. The number of rotatable bonds is 6. The Hall–Kier alpha value is -3.08. The van der Waals surface area contributed by atoms with Crippen LogP contribution in [0.15, 0.2) is 42.6 Å². The Morgan fingerprint density at radius 3 is 2.46 bits per heavy atom. The van der Waals surface area contributed by atoms with E-state index in [1.807, 2.05) is 31.2 Å². The molecule has 0 radical (unpaired) electrons. The molecule has 0 unspecified atom stereocenters. The number of benzene rings is 1. The normalized spacial score (nSPS) is 11.0. The van der Waals surface area contributed by atoms with Gasteiger partial charge in [0, 0.05) is 17.3 Å². The van der Waals surface area contributed by atoms with E-state index in [0.717, 1.165) is 18.4 Å². The number of carboxylic acid groups (broad SMARTS) is 1. The van der Waals surface area contributed by atoms with Crippen LogP contribution in [0.25, 0.3) is 5.52 Å². The summed E-state index contributed by atoms with van der Waals surface area (Å²) in [5, 5.41) is 9.22. The Kier molecular flexibility index (Phi) is 4.80. The maximum atomic E-state index is 13.1. The average molecular weight is 350 g/mol. The monoisotopic (exact) mass is 350 g/mol. The van der Waals surface area contributed by atoms with Gasteiger partial charge in [0.1, 0.15) is 5.69 Å². The fraction of sp³-hybridized carbons (Fsp3) is 0.238. The number of anilines is 1. The van der Waals surface area contributed by atoms with Gasteiger partial charge in [-0.05, 0) is 36.6 Å². The van der Waals surface area contributed by atoms with Gasteiger partial charge in [-0.25, -0.2) is 0 Å². The van der Waals surface area contributed by atoms with Crippen LogP contribution in [0.1, 0.15) is 46.1 Å². The molecule has 0 amide bonds. The molecule has 26 heavy (non-hydrogen) atoms. The van der Waals surface area contributed by atoms with Crippen LogP contribution in [0, 0.1) is 6.92 Å². The summed E-state index contributed by atoms with van der Waals surface area (Å²) >= 11 is 0. The first-order chi connectivity index (χ1) is 12.4. The number of hydrogen-bond donors (Lipinski definition) is 2. The van der Waals surface area contributed by atoms with Crippen molar-refractivity contribution in [3.63, 3.8) is 0 Å². The molecule has 0 aliphatic rings. The molecule has 3 rings (SSSR count). The van der Waals surface area contributed by atoms with Crippen LogP contribution >= 0.6 is 0 Å². The summed E-state index contributed by atoms with van der Waals surface area (Å²) < 4.78 is 1.70. The smallest absolute Gasteiger partial charge is 0.307 e. The number of fused-ring (bicyclic) bond motifs is 1. The predicted molar refractivity (Wildman–Crippen MR) is 102 cm³/mol. The first-order valence-corrected chi connectivity index (χ1v) is 8.66. The van der Waals surface area contributed by atoms with E-state index in [-0.39, 0.29) is 17.9 Å². The number of carbonyl (C=O) groups is 2. The first-order valence-electron chi connectivity index (χ1n) is 8.66. The molecule has 0 aliphatic carbocycles. The Balaban J connectivity index is 2.13. The van der Waals surface area contributed by atoms with E-state index >= 15 is 0 Å². The van der Waals surface area contributed by atoms with Gasteiger partial charge in [-0.15, -0.1) is 0 Å². The quantitative estimate of drug-likeness (QED) is 0.665. The van der Waals surface area contributed by atoms with Gasteiger partial charge in [-0.2, -0.15) is 0 Å². The zero-order valence-electron chi connectivity index (χ0n) is 15.0. The molecule has 2 aromatic heterocycles. The lowest BCUT2D eigenvalue weighted by molar-refractivity contribution is -0.136. The number of carboxylic acids is 1. The van der Waals surface area contributed by atoms with E-state index in [1.165, 1.54) is 5.56 Å². The van der Waals surface area contributed by atoms with E-state index in [2.05, 4.69) is 6.92 Å². The van der Waals surface area contributed by atoms with Crippen molar-refractivity contribution in [2.75, 3.05) is 5.73 Å². The number of nitrogens with two attached hydrogens (primary N) is 1. The molecule has 3 N–H and O–H groups in total. The minimum Gasteiger partial charge on any atom is -0.481 e. The average Bonchev–Trinajstić information content (AvgIpc) is 2.86. The second kappa shape index (κ2) is 7.04. The molecule has 0 saturated heterocycles. The number of pyridine rings is 1. The largest absolute Gasteiger partial charge is 0.481 e. The van der Waals surface area contributed by atoms with Crippen molar-refractivity contribution >= 4 is 23.0 Å². The highest BCUT2D eigenvalue weighted by Crippen LogP contribution is 2.29. The Morgan fingerprint density at radius 2 is 1.85 bits per heavy atom. The van der Waals surface area contributed by atoms with Crippen LogP contribution in [0.5, 0.6) is 0 Å². The van der Waals surface area contributed by atoms with E-state index in [4.69, 9.17) is 5.73 Å². The lowest BCUT2D eigenvalue weighted by Crippen LogP contribution is -2.08. The topological polar surface area (TPSA) is 84.8 Å². The Labute approximate surface area is 152 Å². The number of hydrogen-bond acceptors (Lipinski definition) is 3. The molecule has 0 fully saturated rings. The van der Waals surface area contributed by atoms with Crippen LogP contribution < -0.4 is 5.73 Å². The number of aromatic nitrogens is 1. The zero-order valence-corrected chi connectivity index (χ0v) is 15.0. The molecule has 0 spiro atoms. The summed E-state index contributed by atoms with van der Waals surface area (Å²) in [6.45, 7) is 4.03. The fourth-order valence-electron chi connectivity index (χ4n) is 3.26. The van der Waals surface area contributed by atoms with Crippen molar-refractivity contribution in [2.45, 2.75) is 33.1 Å². The van der Waals surface area contributed by atoms with Gasteiger partial charge in [0.2, 0.25) is 5.78 Å². The first kappa shape index (κ1) is 17.7. The van der Waals surface area contributed by atoms with Gasteiger partial charge < -0.3 is 15.2 Å². The molecule has 5 heteroatoms. The van der Waals surface area contributed by atoms with Crippen LogP contribution in [-0.4, -0.2) is 21.3 Å². The highest BCUT2D eigenvalue weighted by Gasteiger charge is 2.23. The molecule has 134 valence electrons. The van der Waals surface area contributed by atoms with Gasteiger partial charge in [-0.3, -0.25) is 9.59 Å². The van der Waals surface area contributed by atoms with Crippen molar-refractivity contribution in [2.24, 2.45) is 0 Å². The molecule has 5 nitrogen and oxygen atoms in total. The van der Waals surface area contributed by atoms with Crippen LogP contribution in [-0.2, 0) is 17.6 Å². The summed E-state index contributed by atoms with van der Waals surface area (Å²) in [5.74, 6) is -1.19. The maximum absolute atomic E-state index is 13.1. The molecule has 2 heterocycles. The molecule has 1 aromatic carbocycles. The lowest BCUT2D eigenvalue weighted by Gasteiger charge is -2.06. The minimum absolute atomic E-state index is 0.207. The van der Waals surface area contributed by atoms with Crippen molar-refractivity contribution in [3.05, 3.63) is 70.5 Å². The second-order valence-electron chi connectivity index (χ2n) is 6.55. The SMILES string of the molecule is CCCc1ccc(C(=O)c2c(N)c(CC(=O)O)c3cc(C)ccn23)cc1. The number of aliphatic carboxylic acids is 1. The summed E-state index contributed by atoms with van der Waals surface area (Å²) in [6.07, 6.45) is 3.56. The molecule has 0 aliphatic heterocycles. The maximum Gasteiger partial charge on any atom is 0.307 e. The molecule has 3 aromatic rings. The second-order valence-corrected chi connectivity index (χ2v) is 6.55. The molecule has 0 saturated carbocycles. The van der Waals surface area contributed by atoms with Crippen LogP contribution in [0.4, 0.5) is 5.69 Å². The lowest BCUT2D eigenvalue weighted by atomic mass is 10.0. The zero-order chi connectivity index (χ0) is 18.8. The highest BCUT2D eigenvalue weighted by molar-refractivity contribution is 6.13. The molecular weight excluding hydrogens is 328 g/mol. The fourth-order valence-corrected chi connectivity index (χ4v) is 3.26. The molecule has 0 bridgehead atoms. The van der Waals surface area contributed by atoms with Gasteiger partial charge in [0.05, 0.1) is 17.6 Å². The van der Waals surface area contributed by atoms with E-state index in [1.54, 1.807) is 22.7 Å². The number of ketones is 1. The van der Waals surface area contributed by atoms with Crippen LogP contribution in [0.3, 0.4) is 0 Å². The summed E-state index contributed by atoms with van der Waals surface area (Å²) in [5.41, 5.74) is 10.6. The Bertz CT molecular complexity index is 985. The van der Waals surface area contributed by atoms with E-state index in [9.17, 15) is 14.7 Å². The Morgan fingerprint density at radius 1 is 1.15 bits per heavy atom. The van der Waals surface area contributed by atoms with Gasteiger partial charge in [-0.1, -0.05) is 37.6 Å². The van der Waals surface area contributed by atoms with E-state index < -0.39 is 5.97 Å². The number of aryl methyl sites for hydroxylation is 2. The third-order valence-electron chi connectivity index (χ3n) is 4.54. The van der Waals surface area contributed by atoms with Crippen molar-refractivity contribution in [1.29, 1.82) is 0 Å². The van der Waals surface area contributed by atoms with E-state index in [0.29, 0.717) is 22.3 Å². The van der Waals surface area contributed by atoms with Gasteiger partial charge in [0.15, 0.2) is 0 Å². The van der Waals surface area contributed by atoms with Crippen molar-refractivity contribution < 1.29 is 14.7 Å². The van der Waals surface area contributed by atoms with Crippen LogP contribution in [0.2, 0.25) is 0 Å². The van der Waals surface area contributed by atoms with Gasteiger partial charge >= 0.3 is 5.97 Å². The number of carbonyl (C=O) groups excluding carboxylic acids is 1. The summed E-state index contributed by atoms with van der Waals surface area (Å²) in [7, 11) is 0. The highest BCUT2D eigenvalue weighted by atomic mass is 16.4. The number of nitrogens with zero attached hydrogens (tertiary/aromatic N) is 1. The van der Waals surface area contributed by atoms with Gasteiger partial charge in [0.25, 0.3) is 0 Å². The molecule has 0 atom stereocenters. The predicted octanol–water partition coefficient (Wildman–Crippen LogP) is 3.64.